The van der Waals surface area contributed by atoms with E-state index >= 15 is 0 Å². The molecule has 6 nitrogen and oxygen atoms in total. The monoisotopic (exact) mass is 516 g/mol. The van der Waals surface area contributed by atoms with Crippen LogP contribution >= 0.6 is 11.3 Å². The predicted octanol–water partition coefficient (Wildman–Crippen LogP) is 6.12. The zero-order valence-electron chi connectivity index (χ0n) is 21.1. The minimum atomic E-state index is -0.340. The Morgan fingerprint density at radius 2 is 1.92 bits per heavy atom. The van der Waals surface area contributed by atoms with Crippen molar-refractivity contribution in [2.45, 2.75) is 32.5 Å². The summed E-state index contributed by atoms with van der Waals surface area (Å²) in [5, 5.41) is 4.15. The average Bonchev–Trinajstić information content (AvgIpc) is 3.47. The largest absolute Gasteiger partial charge is 0.497 e. The van der Waals surface area contributed by atoms with Gasteiger partial charge in [0.25, 0.3) is 0 Å². The van der Waals surface area contributed by atoms with Crippen molar-refractivity contribution in [3.63, 3.8) is 0 Å². The molecule has 0 radical (unpaired) electrons. The van der Waals surface area contributed by atoms with E-state index < -0.39 is 0 Å². The smallest absolute Gasteiger partial charge is 0.322 e. The molecule has 190 valence electrons. The fraction of sp³-hybridized carbons (Fsp3) is 0.276. The lowest BCUT2D eigenvalue weighted by molar-refractivity contribution is 0.194. The molecular weight excluding hydrogens is 487 g/mol. The molecular formula is C29H29FN4O2S. The van der Waals surface area contributed by atoms with Crippen molar-refractivity contribution in [1.29, 1.82) is 0 Å². The van der Waals surface area contributed by atoms with Gasteiger partial charge in [-0.05, 0) is 73.5 Å². The second kappa shape index (κ2) is 9.36. The lowest BCUT2D eigenvalue weighted by Gasteiger charge is -2.32. The van der Waals surface area contributed by atoms with E-state index in [-0.39, 0.29) is 17.9 Å². The van der Waals surface area contributed by atoms with Crippen LogP contribution in [0.2, 0.25) is 0 Å². The molecule has 4 heterocycles. The molecule has 0 saturated heterocycles. The second-order valence-corrected chi connectivity index (χ2v) is 10.9. The van der Waals surface area contributed by atoms with E-state index in [1.165, 1.54) is 27.1 Å². The Balaban J connectivity index is 1.48. The summed E-state index contributed by atoms with van der Waals surface area (Å²) in [4.78, 5) is 19.5. The Kier molecular flexibility index (Phi) is 6.01. The van der Waals surface area contributed by atoms with Crippen LogP contribution < -0.4 is 10.1 Å². The van der Waals surface area contributed by atoms with Crippen LogP contribution in [-0.2, 0) is 19.5 Å². The molecule has 1 N–H and O–H groups in total. The molecule has 2 aromatic carbocycles. The number of thiophene rings is 1. The molecule has 4 aromatic rings. The van der Waals surface area contributed by atoms with Crippen LogP contribution in [0.5, 0.6) is 5.75 Å². The zero-order valence-corrected chi connectivity index (χ0v) is 21.9. The van der Waals surface area contributed by atoms with Gasteiger partial charge in [0.2, 0.25) is 0 Å². The van der Waals surface area contributed by atoms with Crippen LogP contribution in [0, 0.1) is 12.7 Å². The van der Waals surface area contributed by atoms with E-state index in [2.05, 4.69) is 34.1 Å². The number of carbonyl (C=O) groups is 1. The number of benzene rings is 2. The molecule has 0 spiro atoms. The average molecular weight is 517 g/mol. The van der Waals surface area contributed by atoms with Crippen LogP contribution in [0.1, 0.15) is 38.9 Å². The SMILES string of the molecule is COc1ccc(C2c3cccn3-c3sc4c(c3CN2C(=O)Nc2ccc(C)c(F)c2)CCN(C)C4)cc1. The third-order valence-electron chi connectivity index (χ3n) is 7.37. The normalized spacial score (nSPS) is 17.0. The first-order valence-corrected chi connectivity index (χ1v) is 13.2. The molecule has 0 fully saturated rings. The fourth-order valence-electron chi connectivity index (χ4n) is 5.35. The lowest BCUT2D eigenvalue weighted by atomic mass is 10.00. The molecule has 1 unspecified atom stereocenters. The van der Waals surface area contributed by atoms with Gasteiger partial charge in [0.05, 0.1) is 25.4 Å². The molecule has 2 amide bonds. The second-order valence-electron chi connectivity index (χ2n) is 9.78. The zero-order chi connectivity index (χ0) is 25.7. The number of rotatable bonds is 3. The van der Waals surface area contributed by atoms with Gasteiger partial charge in [0.15, 0.2) is 0 Å². The minimum Gasteiger partial charge on any atom is -0.497 e. The maximum Gasteiger partial charge on any atom is 0.322 e. The van der Waals surface area contributed by atoms with Crippen molar-refractivity contribution < 1.29 is 13.9 Å². The van der Waals surface area contributed by atoms with Crippen LogP contribution in [0.25, 0.3) is 5.00 Å². The molecule has 2 aliphatic rings. The summed E-state index contributed by atoms with van der Waals surface area (Å²) in [6.07, 6.45) is 3.05. The van der Waals surface area contributed by atoms with Crippen molar-refractivity contribution >= 4 is 23.1 Å². The number of aromatic nitrogens is 1. The molecule has 37 heavy (non-hydrogen) atoms. The minimum absolute atomic E-state index is 0.266. The topological polar surface area (TPSA) is 49.7 Å². The Morgan fingerprint density at radius 1 is 1.11 bits per heavy atom. The number of methoxy groups -OCH3 is 1. The number of anilines is 1. The third kappa shape index (κ3) is 4.20. The van der Waals surface area contributed by atoms with Gasteiger partial charge >= 0.3 is 6.03 Å². The number of hydrogen-bond acceptors (Lipinski definition) is 4. The number of nitrogens with zero attached hydrogens (tertiary/aromatic N) is 3. The summed E-state index contributed by atoms with van der Waals surface area (Å²) < 4.78 is 21.9. The molecule has 2 aromatic heterocycles. The van der Waals surface area contributed by atoms with Crippen LogP contribution in [0.4, 0.5) is 14.9 Å². The van der Waals surface area contributed by atoms with Gasteiger partial charge in [-0.25, -0.2) is 9.18 Å². The first-order chi connectivity index (χ1) is 17.9. The molecule has 1 atom stereocenters. The molecule has 0 bridgehead atoms. The van der Waals surface area contributed by atoms with Crippen molar-refractivity contribution in [2.75, 3.05) is 26.0 Å². The van der Waals surface area contributed by atoms with Crippen molar-refractivity contribution in [3.8, 4) is 10.8 Å². The van der Waals surface area contributed by atoms with Gasteiger partial charge in [-0.2, -0.15) is 0 Å². The molecule has 8 heteroatoms. The highest BCUT2D eigenvalue weighted by Gasteiger charge is 2.36. The Labute approximate surface area is 219 Å². The number of hydrogen-bond donors (Lipinski definition) is 1. The number of carbonyl (C=O) groups excluding carboxylic acids is 1. The third-order valence-corrected chi connectivity index (χ3v) is 8.63. The number of aryl methyl sites for hydroxylation is 1. The maximum absolute atomic E-state index is 14.3. The van der Waals surface area contributed by atoms with E-state index in [9.17, 15) is 9.18 Å². The van der Waals surface area contributed by atoms with E-state index in [4.69, 9.17) is 4.74 Å². The number of nitrogens with one attached hydrogen (secondary N) is 1. The summed E-state index contributed by atoms with van der Waals surface area (Å²) in [7, 11) is 3.79. The first kappa shape index (κ1) is 23.8. The fourth-order valence-corrected chi connectivity index (χ4v) is 6.80. The number of likely N-dealkylation sites (N-methyl/N-ethyl adjacent to an activating group) is 1. The quantitative estimate of drug-likeness (QED) is 0.357. The summed E-state index contributed by atoms with van der Waals surface area (Å²) in [6, 6.07) is 16.2. The van der Waals surface area contributed by atoms with Crippen LogP contribution in [0.3, 0.4) is 0 Å². The predicted molar refractivity (Wildman–Crippen MR) is 144 cm³/mol. The number of halogens is 1. The van der Waals surface area contributed by atoms with E-state index in [1.54, 1.807) is 26.2 Å². The number of amides is 2. The summed E-state index contributed by atoms with van der Waals surface area (Å²) >= 11 is 1.82. The number of urea groups is 1. The highest BCUT2D eigenvalue weighted by Crippen LogP contribution is 2.43. The van der Waals surface area contributed by atoms with Crippen LogP contribution in [-0.4, -0.2) is 41.1 Å². The maximum atomic E-state index is 14.3. The number of ether oxygens (including phenoxy) is 1. The Bertz CT molecular complexity index is 1480. The summed E-state index contributed by atoms with van der Waals surface area (Å²) in [5.74, 6) is 0.420. The van der Waals surface area contributed by atoms with E-state index in [0.717, 1.165) is 36.5 Å². The van der Waals surface area contributed by atoms with E-state index in [0.29, 0.717) is 17.8 Å². The highest BCUT2D eigenvalue weighted by molar-refractivity contribution is 7.15. The molecule has 0 aliphatic carbocycles. The van der Waals surface area contributed by atoms with Crippen molar-refractivity contribution in [1.82, 2.24) is 14.4 Å². The highest BCUT2D eigenvalue weighted by atomic mass is 32.1. The Morgan fingerprint density at radius 3 is 2.68 bits per heavy atom. The molecule has 2 aliphatic heterocycles. The lowest BCUT2D eigenvalue weighted by Crippen LogP contribution is -2.38. The van der Waals surface area contributed by atoms with E-state index in [1.807, 2.05) is 46.6 Å². The molecule has 0 saturated carbocycles. The van der Waals surface area contributed by atoms with Gasteiger partial charge in [-0.1, -0.05) is 18.2 Å². The van der Waals surface area contributed by atoms with Gasteiger partial charge in [-0.15, -0.1) is 11.3 Å². The number of fused-ring (bicyclic) bond motifs is 5. The standard InChI is InChI=1S/C29H29FN4O2S/c1-18-6-9-20(15-24(18)30)31-29(35)34-16-23-22-12-14-32(2)17-26(22)37-28(23)33-13-4-5-25(33)27(34)19-7-10-21(36-3)11-8-19/h4-11,13,15,27H,12,14,16-17H2,1-3H3,(H,31,35). The molecule has 6 rings (SSSR count). The van der Waals surface area contributed by atoms with Gasteiger partial charge < -0.3 is 24.4 Å². The Hall–Kier alpha value is -3.62. The van der Waals surface area contributed by atoms with Crippen molar-refractivity contribution in [3.05, 3.63) is 99.4 Å². The summed E-state index contributed by atoms with van der Waals surface area (Å²) in [5.41, 5.74) is 5.53. The van der Waals surface area contributed by atoms with Gasteiger partial charge in [-0.3, -0.25) is 0 Å². The van der Waals surface area contributed by atoms with Gasteiger partial charge in [0.1, 0.15) is 16.6 Å². The van der Waals surface area contributed by atoms with Crippen molar-refractivity contribution in [2.24, 2.45) is 0 Å². The van der Waals surface area contributed by atoms with Crippen LogP contribution in [0.15, 0.2) is 60.8 Å². The summed E-state index contributed by atoms with van der Waals surface area (Å²) in [6.45, 7) is 4.08. The van der Waals surface area contributed by atoms with Gasteiger partial charge in [0, 0.05) is 35.4 Å². The first-order valence-electron chi connectivity index (χ1n) is 12.4.